The molecule has 0 N–H and O–H groups in total. The van der Waals surface area contributed by atoms with Gasteiger partial charge < -0.3 is 9.47 Å². The van der Waals surface area contributed by atoms with Gasteiger partial charge in [-0.05, 0) is 18.2 Å². The van der Waals surface area contributed by atoms with E-state index < -0.39 is 0 Å². The van der Waals surface area contributed by atoms with E-state index >= 15 is 0 Å². The predicted octanol–water partition coefficient (Wildman–Crippen LogP) is 1.65. The third-order valence-electron chi connectivity index (χ3n) is 1.29. The van der Waals surface area contributed by atoms with Crippen LogP contribution in [0.5, 0.6) is 5.75 Å². The molecule has 0 aliphatic rings. The minimum Gasteiger partial charge on any atom is -0.491 e. The summed E-state index contributed by atoms with van der Waals surface area (Å²) in [6.07, 6.45) is 0. The molecule has 0 bridgehead atoms. The largest absolute Gasteiger partial charge is 0.491 e. The maximum atomic E-state index is 12.4. The highest BCUT2D eigenvalue weighted by Gasteiger charge is 1.93. The molecule has 0 aliphatic carbocycles. The molecule has 1 aromatic carbocycles. The normalized spacial score (nSPS) is 9.83. The number of rotatable bonds is 4. The van der Waals surface area contributed by atoms with Crippen LogP contribution >= 0.6 is 0 Å². The van der Waals surface area contributed by atoms with E-state index in [4.69, 9.17) is 9.47 Å². The van der Waals surface area contributed by atoms with Crippen LogP contribution in [-0.2, 0) is 4.74 Å². The summed E-state index contributed by atoms with van der Waals surface area (Å²) in [7, 11) is 1.59. The van der Waals surface area contributed by atoms with Crippen LogP contribution in [0.1, 0.15) is 0 Å². The van der Waals surface area contributed by atoms with E-state index in [9.17, 15) is 4.39 Å². The molecule has 0 atom stereocenters. The minimum absolute atomic E-state index is 0.311. The smallest absolute Gasteiger partial charge is 0.127 e. The van der Waals surface area contributed by atoms with E-state index in [1.54, 1.807) is 7.11 Å². The second-order valence-corrected chi connectivity index (χ2v) is 2.21. The third-order valence-corrected chi connectivity index (χ3v) is 1.29. The van der Waals surface area contributed by atoms with Crippen molar-refractivity contribution in [3.8, 4) is 5.75 Å². The van der Waals surface area contributed by atoms with Gasteiger partial charge in [-0.1, -0.05) is 0 Å². The van der Waals surface area contributed by atoms with Crippen LogP contribution in [0, 0.1) is 11.9 Å². The van der Waals surface area contributed by atoms with Gasteiger partial charge in [-0.3, -0.25) is 0 Å². The van der Waals surface area contributed by atoms with Crippen molar-refractivity contribution in [1.29, 1.82) is 0 Å². The van der Waals surface area contributed by atoms with Crippen LogP contribution in [-0.4, -0.2) is 20.3 Å². The van der Waals surface area contributed by atoms with Gasteiger partial charge in [0.2, 0.25) is 0 Å². The summed E-state index contributed by atoms with van der Waals surface area (Å²) < 4.78 is 22.3. The van der Waals surface area contributed by atoms with Crippen molar-refractivity contribution in [3.63, 3.8) is 0 Å². The second kappa shape index (κ2) is 4.72. The molecule has 0 heterocycles. The Morgan fingerprint density at radius 1 is 1.42 bits per heavy atom. The Balaban J connectivity index is 2.37. The summed E-state index contributed by atoms with van der Waals surface area (Å²) in [5.74, 6) is 0.225. The molecular formula is C9H10FO2. The first kappa shape index (κ1) is 9.00. The van der Waals surface area contributed by atoms with Crippen molar-refractivity contribution in [2.24, 2.45) is 0 Å². The Bertz CT molecular complexity index is 220. The lowest BCUT2D eigenvalue weighted by atomic mass is 10.3. The van der Waals surface area contributed by atoms with Crippen LogP contribution in [0.4, 0.5) is 4.39 Å². The van der Waals surface area contributed by atoms with Crippen LogP contribution < -0.4 is 4.74 Å². The van der Waals surface area contributed by atoms with Gasteiger partial charge in [-0.25, -0.2) is 4.39 Å². The van der Waals surface area contributed by atoms with E-state index in [0.717, 1.165) is 0 Å². The monoisotopic (exact) mass is 169 g/mol. The van der Waals surface area contributed by atoms with Crippen molar-refractivity contribution in [2.45, 2.75) is 0 Å². The van der Waals surface area contributed by atoms with Gasteiger partial charge in [-0.2, -0.15) is 0 Å². The molecule has 12 heavy (non-hydrogen) atoms. The van der Waals surface area contributed by atoms with E-state index in [1.165, 1.54) is 18.2 Å². The Kier molecular flexibility index (Phi) is 3.54. The van der Waals surface area contributed by atoms with Gasteiger partial charge in [0.25, 0.3) is 0 Å². The molecule has 0 saturated carbocycles. The van der Waals surface area contributed by atoms with Crippen LogP contribution in [0.15, 0.2) is 18.2 Å². The number of hydrogen-bond acceptors (Lipinski definition) is 2. The predicted molar refractivity (Wildman–Crippen MR) is 42.6 cm³/mol. The molecule has 2 nitrogen and oxygen atoms in total. The molecule has 65 valence electrons. The maximum absolute atomic E-state index is 12.4. The number of methoxy groups -OCH3 is 1. The molecule has 1 rings (SSSR count). The second-order valence-electron chi connectivity index (χ2n) is 2.21. The summed E-state index contributed by atoms with van der Waals surface area (Å²) >= 11 is 0. The Hall–Kier alpha value is -1.09. The molecule has 0 aliphatic heterocycles. The Morgan fingerprint density at radius 3 is 2.83 bits per heavy atom. The fourth-order valence-corrected chi connectivity index (χ4v) is 0.716. The molecule has 0 fully saturated rings. The molecule has 1 aromatic rings. The highest BCUT2D eigenvalue weighted by Crippen LogP contribution is 2.09. The minimum atomic E-state index is -0.311. The summed E-state index contributed by atoms with van der Waals surface area (Å²) in [5.41, 5.74) is 0. The zero-order valence-electron chi connectivity index (χ0n) is 6.84. The molecule has 0 spiro atoms. The quantitative estimate of drug-likeness (QED) is 0.638. The topological polar surface area (TPSA) is 18.5 Å². The van der Waals surface area contributed by atoms with E-state index in [1.807, 2.05) is 0 Å². The molecule has 1 radical (unpaired) electrons. The third kappa shape index (κ3) is 2.88. The van der Waals surface area contributed by atoms with Gasteiger partial charge >= 0.3 is 0 Å². The van der Waals surface area contributed by atoms with Crippen LogP contribution in [0.3, 0.4) is 0 Å². The SMILES string of the molecule is COCCOc1[c]cc(F)cc1. The lowest BCUT2D eigenvalue weighted by Crippen LogP contribution is -2.04. The average Bonchev–Trinajstić information content (AvgIpc) is 2.09. The fourth-order valence-electron chi connectivity index (χ4n) is 0.716. The van der Waals surface area contributed by atoms with Gasteiger partial charge in [0.15, 0.2) is 0 Å². The van der Waals surface area contributed by atoms with Crippen molar-refractivity contribution >= 4 is 0 Å². The lowest BCUT2D eigenvalue weighted by molar-refractivity contribution is 0.146. The Morgan fingerprint density at radius 2 is 2.25 bits per heavy atom. The molecule has 3 heteroatoms. The van der Waals surface area contributed by atoms with E-state index in [2.05, 4.69) is 6.07 Å². The van der Waals surface area contributed by atoms with Gasteiger partial charge in [0, 0.05) is 13.2 Å². The van der Waals surface area contributed by atoms with Crippen molar-refractivity contribution < 1.29 is 13.9 Å². The summed E-state index contributed by atoms with van der Waals surface area (Å²) in [4.78, 5) is 0. The van der Waals surface area contributed by atoms with Gasteiger partial charge in [0.1, 0.15) is 18.2 Å². The molecule has 0 unspecified atom stereocenters. The van der Waals surface area contributed by atoms with Crippen molar-refractivity contribution in [1.82, 2.24) is 0 Å². The number of hydrogen-bond donors (Lipinski definition) is 0. The first-order valence-corrected chi connectivity index (χ1v) is 3.62. The summed E-state index contributed by atoms with van der Waals surface area (Å²) in [6, 6.07) is 6.75. The van der Waals surface area contributed by atoms with Crippen LogP contribution in [0.25, 0.3) is 0 Å². The standard InChI is InChI=1S/C9H10FO2/c1-11-6-7-12-9-4-2-8(10)3-5-9/h2-4H,6-7H2,1H3. The molecule has 0 amide bonds. The summed E-state index contributed by atoms with van der Waals surface area (Å²) in [5, 5.41) is 0. The molecular weight excluding hydrogens is 159 g/mol. The van der Waals surface area contributed by atoms with Gasteiger partial charge in [-0.15, -0.1) is 0 Å². The fraction of sp³-hybridized carbons (Fsp3) is 0.333. The summed E-state index contributed by atoms with van der Waals surface area (Å²) in [6.45, 7) is 0.976. The zero-order valence-corrected chi connectivity index (χ0v) is 6.84. The number of ether oxygens (including phenoxy) is 2. The Labute approximate surface area is 70.9 Å². The lowest BCUT2D eigenvalue weighted by Gasteiger charge is -2.03. The van der Waals surface area contributed by atoms with E-state index in [-0.39, 0.29) is 5.82 Å². The maximum Gasteiger partial charge on any atom is 0.127 e. The molecule has 0 saturated heterocycles. The number of halogens is 1. The highest BCUT2D eigenvalue weighted by atomic mass is 19.1. The zero-order chi connectivity index (χ0) is 8.81. The van der Waals surface area contributed by atoms with E-state index in [0.29, 0.717) is 19.0 Å². The van der Waals surface area contributed by atoms with Crippen LogP contribution in [0.2, 0.25) is 0 Å². The first-order valence-electron chi connectivity index (χ1n) is 3.62. The van der Waals surface area contributed by atoms with Gasteiger partial charge in [0.05, 0.1) is 6.61 Å². The molecule has 0 aromatic heterocycles. The highest BCUT2D eigenvalue weighted by molar-refractivity contribution is 5.20. The number of benzene rings is 1. The van der Waals surface area contributed by atoms with Crippen molar-refractivity contribution in [2.75, 3.05) is 20.3 Å². The average molecular weight is 169 g/mol. The van der Waals surface area contributed by atoms with Crippen molar-refractivity contribution in [3.05, 3.63) is 30.1 Å². The first-order chi connectivity index (χ1) is 5.83.